The molecule has 0 heterocycles. The Hall–Kier alpha value is -2.04. The number of carbonyl (C=O) groups is 2. The van der Waals surface area contributed by atoms with Crippen LogP contribution >= 0.6 is 0 Å². The monoisotopic (exact) mass is 320 g/mol. The first-order valence-electron chi connectivity index (χ1n) is 8.13. The fourth-order valence-corrected chi connectivity index (χ4v) is 2.35. The number of carboxylic acids is 1. The van der Waals surface area contributed by atoms with Gasteiger partial charge in [-0.25, -0.2) is 4.79 Å². The van der Waals surface area contributed by atoms with Gasteiger partial charge in [0.15, 0.2) is 0 Å². The van der Waals surface area contributed by atoms with E-state index in [1.165, 1.54) is 5.56 Å². The number of carboxylic acid groups (broad SMARTS) is 1. The van der Waals surface area contributed by atoms with Gasteiger partial charge in [-0.15, -0.1) is 0 Å². The van der Waals surface area contributed by atoms with Gasteiger partial charge in [0.25, 0.3) is 0 Å². The highest BCUT2D eigenvalue weighted by molar-refractivity contribution is 5.91. The number of rotatable bonds is 8. The van der Waals surface area contributed by atoms with Gasteiger partial charge in [-0.2, -0.15) is 0 Å². The second kappa shape index (κ2) is 9.18. The number of anilines is 1. The molecule has 23 heavy (non-hydrogen) atoms. The van der Waals surface area contributed by atoms with Crippen molar-refractivity contribution in [3.63, 3.8) is 0 Å². The first-order valence-corrected chi connectivity index (χ1v) is 8.13. The fourth-order valence-electron chi connectivity index (χ4n) is 2.35. The summed E-state index contributed by atoms with van der Waals surface area (Å²) < 4.78 is 0. The van der Waals surface area contributed by atoms with Crippen molar-refractivity contribution in [3.8, 4) is 0 Å². The molecule has 1 aromatic rings. The maximum Gasteiger partial charge on any atom is 0.323 e. The normalized spacial score (nSPS) is 10.7. The van der Waals surface area contributed by atoms with Crippen molar-refractivity contribution < 1.29 is 14.7 Å². The van der Waals surface area contributed by atoms with Crippen LogP contribution in [0.25, 0.3) is 0 Å². The second-order valence-corrected chi connectivity index (χ2v) is 6.21. The Labute approximate surface area is 138 Å². The van der Waals surface area contributed by atoms with E-state index in [2.05, 4.69) is 26.0 Å². The lowest BCUT2D eigenvalue weighted by Crippen LogP contribution is -2.39. The number of hydrogen-bond acceptors (Lipinski definition) is 2. The predicted molar refractivity (Wildman–Crippen MR) is 93.1 cm³/mol. The fraction of sp³-hybridized carbons (Fsp3) is 0.556. The van der Waals surface area contributed by atoms with Gasteiger partial charge in [0.2, 0.25) is 0 Å². The highest BCUT2D eigenvalue weighted by atomic mass is 16.4. The minimum absolute atomic E-state index is 0.0551. The largest absolute Gasteiger partial charge is 0.481 e. The smallest absolute Gasteiger partial charge is 0.323 e. The maximum absolute atomic E-state index is 12.4. The van der Waals surface area contributed by atoms with Gasteiger partial charge in [0, 0.05) is 32.7 Å². The molecule has 5 heteroatoms. The zero-order valence-corrected chi connectivity index (χ0v) is 14.6. The standard InChI is InChI=1S/C18H28N2O3/c1-14(2)15-9-11-16(12-10-15)20(4)18(23)19(3)13-7-5-6-8-17(21)22/h9-12,14H,5-8,13H2,1-4H3,(H,21,22). The Kier molecular flexibility index (Phi) is 7.59. The summed E-state index contributed by atoms with van der Waals surface area (Å²) in [7, 11) is 3.55. The van der Waals surface area contributed by atoms with Crippen molar-refractivity contribution in [2.45, 2.75) is 45.4 Å². The van der Waals surface area contributed by atoms with Gasteiger partial charge in [-0.05, 0) is 36.5 Å². The topological polar surface area (TPSA) is 60.9 Å². The molecule has 0 bridgehead atoms. The van der Waals surface area contributed by atoms with Crippen LogP contribution in [0.15, 0.2) is 24.3 Å². The third kappa shape index (κ3) is 6.30. The van der Waals surface area contributed by atoms with Crippen LogP contribution in [0.4, 0.5) is 10.5 Å². The van der Waals surface area contributed by atoms with E-state index < -0.39 is 5.97 Å². The van der Waals surface area contributed by atoms with E-state index in [9.17, 15) is 9.59 Å². The van der Waals surface area contributed by atoms with Crippen molar-refractivity contribution in [2.24, 2.45) is 0 Å². The molecular formula is C18H28N2O3. The number of amides is 2. The van der Waals surface area contributed by atoms with Crippen LogP contribution in [-0.4, -0.2) is 42.6 Å². The van der Waals surface area contributed by atoms with Crippen LogP contribution in [-0.2, 0) is 4.79 Å². The highest BCUT2D eigenvalue weighted by Crippen LogP contribution is 2.20. The van der Waals surface area contributed by atoms with Crippen molar-refractivity contribution in [2.75, 3.05) is 25.5 Å². The molecule has 0 saturated carbocycles. The number of hydrogen-bond donors (Lipinski definition) is 1. The van der Waals surface area contributed by atoms with E-state index in [0.717, 1.165) is 18.5 Å². The minimum atomic E-state index is -0.765. The van der Waals surface area contributed by atoms with Crippen LogP contribution < -0.4 is 4.90 Å². The van der Waals surface area contributed by atoms with E-state index >= 15 is 0 Å². The summed E-state index contributed by atoms with van der Waals surface area (Å²) in [6.07, 6.45) is 2.48. The summed E-state index contributed by atoms with van der Waals surface area (Å²) in [6.45, 7) is 4.91. The number of carbonyl (C=O) groups excluding carboxylic acids is 1. The summed E-state index contributed by atoms with van der Waals surface area (Å²) in [6, 6.07) is 7.98. The van der Waals surface area contributed by atoms with Crippen LogP contribution in [0.3, 0.4) is 0 Å². The van der Waals surface area contributed by atoms with E-state index in [1.54, 1.807) is 23.9 Å². The van der Waals surface area contributed by atoms with Gasteiger partial charge in [0.1, 0.15) is 0 Å². The third-order valence-corrected chi connectivity index (χ3v) is 3.94. The van der Waals surface area contributed by atoms with Crippen molar-refractivity contribution in [1.82, 2.24) is 4.90 Å². The van der Waals surface area contributed by atoms with E-state index in [4.69, 9.17) is 5.11 Å². The Morgan fingerprint density at radius 1 is 1.04 bits per heavy atom. The minimum Gasteiger partial charge on any atom is -0.481 e. The van der Waals surface area contributed by atoms with E-state index in [0.29, 0.717) is 18.9 Å². The quantitative estimate of drug-likeness (QED) is 0.738. The molecule has 5 nitrogen and oxygen atoms in total. The molecular weight excluding hydrogens is 292 g/mol. The molecule has 0 atom stereocenters. The molecule has 0 radical (unpaired) electrons. The van der Waals surface area contributed by atoms with E-state index in [-0.39, 0.29) is 12.5 Å². The Bertz CT molecular complexity index is 512. The van der Waals surface area contributed by atoms with Crippen molar-refractivity contribution in [3.05, 3.63) is 29.8 Å². The molecule has 0 spiro atoms. The van der Waals surface area contributed by atoms with Crippen molar-refractivity contribution in [1.29, 1.82) is 0 Å². The molecule has 0 fully saturated rings. The third-order valence-electron chi connectivity index (χ3n) is 3.94. The summed E-state index contributed by atoms with van der Waals surface area (Å²) in [4.78, 5) is 26.2. The summed E-state index contributed by atoms with van der Waals surface area (Å²) in [5.41, 5.74) is 2.12. The van der Waals surface area contributed by atoms with Gasteiger partial charge >= 0.3 is 12.0 Å². The molecule has 1 N–H and O–H groups in total. The number of unbranched alkanes of at least 4 members (excludes halogenated alkanes) is 2. The number of benzene rings is 1. The molecule has 1 rings (SSSR count). The molecule has 2 amide bonds. The lowest BCUT2D eigenvalue weighted by atomic mass is 10.0. The number of urea groups is 1. The molecule has 1 aromatic carbocycles. The zero-order chi connectivity index (χ0) is 17.4. The zero-order valence-electron chi connectivity index (χ0n) is 14.6. The molecule has 0 unspecified atom stereocenters. The van der Waals surface area contributed by atoms with Gasteiger partial charge in [-0.1, -0.05) is 32.4 Å². The summed E-state index contributed by atoms with van der Waals surface area (Å²) in [5, 5.41) is 8.59. The predicted octanol–water partition coefficient (Wildman–Crippen LogP) is 3.94. The SMILES string of the molecule is CC(C)c1ccc(N(C)C(=O)N(C)CCCCCC(=O)O)cc1. The second-order valence-electron chi connectivity index (χ2n) is 6.21. The first-order chi connectivity index (χ1) is 10.8. The number of aliphatic carboxylic acids is 1. The Balaban J connectivity index is 2.46. The van der Waals surface area contributed by atoms with Crippen molar-refractivity contribution >= 4 is 17.7 Å². The maximum atomic E-state index is 12.4. The van der Waals surface area contributed by atoms with Crippen LogP contribution in [0, 0.1) is 0 Å². The average molecular weight is 320 g/mol. The summed E-state index contributed by atoms with van der Waals surface area (Å²) >= 11 is 0. The van der Waals surface area contributed by atoms with E-state index in [1.807, 2.05) is 12.1 Å². The molecule has 0 aliphatic heterocycles. The molecule has 0 saturated heterocycles. The highest BCUT2D eigenvalue weighted by Gasteiger charge is 2.15. The van der Waals surface area contributed by atoms with Crippen LogP contribution in [0.2, 0.25) is 0 Å². The lowest BCUT2D eigenvalue weighted by Gasteiger charge is -2.25. The first kappa shape index (κ1) is 19.0. The molecule has 0 aromatic heterocycles. The van der Waals surface area contributed by atoms with Gasteiger partial charge < -0.3 is 10.0 Å². The molecule has 128 valence electrons. The average Bonchev–Trinajstić information content (AvgIpc) is 2.52. The van der Waals surface area contributed by atoms with Gasteiger partial charge in [-0.3, -0.25) is 9.69 Å². The number of nitrogens with zero attached hydrogens (tertiary/aromatic N) is 2. The van der Waals surface area contributed by atoms with Gasteiger partial charge in [0.05, 0.1) is 0 Å². The van der Waals surface area contributed by atoms with Crippen LogP contribution in [0.1, 0.15) is 51.0 Å². The lowest BCUT2D eigenvalue weighted by molar-refractivity contribution is -0.137. The summed E-state index contributed by atoms with van der Waals surface area (Å²) in [5.74, 6) is -0.294. The Morgan fingerprint density at radius 3 is 2.17 bits per heavy atom. The van der Waals surface area contributed by atoms with Crippen LogP contribution in [0.5, 0.6) is 0 Å². The molecule has 0 aliphatic carbocycles. The Morgan fingerprint density at radius 2 is 1.65 bits per heavy atom. The molecule has 0 aliphatic rings.